The molecule has 0 radical (unpaired) electrons. The molecule has 4 unspecified atom stereocenters. The van der Waals surface area contributed by atoms with Gasteiger partial charge in [0.25, 0.3) is 0 Å². The first-order chi connectivity index (χ1) is 21.3. The number of ether oxygens (including phenoxy) is 1. The molecular formula is C39H30N2OS. The van der Waals surface area contributed by atoms with Crippen molar-refractivity contribution in [3.8, 4) is 22.6 Å². The molecule has 4 aromatic rings. The van der Waals surface area contributed by atoms with E-state index in [1.165, 1.54) is 33.4 Å². The Bertz CT molecular complexity index is 1930. The molecule has 3 aliphatic carbocycles. The predicted molar refractivity (Wildman–Crippen MR) is 177 cm³/mol. The van der Waals surface area contributed by atoms with E-state index in [0.29, 0.717) is 5.92 Å². The summed E-state index contributed by atoms with van der Waals surface area (Å²) in [5.41, 5.74) is 13.1. The molecule has 2 heterocycles. The first kappa shape index (κ1) is 25.0. The van der Waals surface area contributed by atoms with E-state index in [-0.39, 0.29) is 16.7 Å². The molecule has 0 fully saturated rings. The molecule has 1 spiro atoms. The summed E-state index contributed by atoms with van der Waals surface area (Å²) in [6.07, 6.45) is 17.9. The average Bonchev–Trinajstić information content (AvgIpc) is 3.68. The van der Waals surface area contributed by atoms with Crippen LogP contribution in [0.3, 0.4) is 0 Å². The zero-order valence-corrected chi connectivity index (χ0v) is 24.4. The number of benzene rings is 4. The van der Waals surface area contributed by atoms with Crippen molar-refractivity contribution in [3.63, 3.8) is 0 Å². The number of thioether (sulfide) groups is 1. The van der Waals surface area contributed by atoms with Crippen molar-refractivity contribution >= 4 is 16.8 Å². The highest BCUT2D eigenvalue weighted by molar-refractivity contribution is 8.14. The predicted octanol–water partition coefficient (Wildman–Crippen LogP) is 9.56. The van der Waals surface area contributed by atoms with Crippen molar-refractivity contribution < 1.29 is 4.74 Å². The first-order valence-electron chi connectivity index (χ1n) is 15.1. The molecule has 208 valence electrons. The third kappa shape index (κ3) is 3.66. The summed E-state index contributed by atoms with van der Waals surface area (Å²) in [5.74, 6) is 2.50. The zero-order chi connectivity index (χ0) is 28.4. The van der Waals surface area contributed by atoms with Crippen LogP contribution in [0.2, 0.25) is 0 Å². The first-order valence-corrected chi connectivity index (χ1v) is 16.0. The van der Waals surface area contributed by atoms with Gasteiger partial charge >= 0.3 is 0 Å². The highest BCUT2D eigenvalue weighted by Gasteiger charge is 2.56. The van der Waals surface area contributed by atoms with Gasteiger partial charge in [-0.3, -0.25) is 5.43 Å². The van der Waals surface area contributed by atoms with Crippen molar-refractivity contribution in [2.75, 3.05) is 0 Å². The van der Waals surface area contributed by atoms with E-state index < -0.39 is 0 Å². The lowest BCUT2D eigenvalue weighted by molar-refractivity contribution is 0.375. The lowest BCUT2D eigenvalue weighted by Crippen LogP contribution is -2.37. The third-order valence-electron chi connectivity index (χ3n) is 9.67. The van der Waals surface area contributed by atoms with E-state index in [2.05, 4.69) is 144 Å². The average molecular weight is 575 g/mol. The van der Waals surface area contributed by atoms with E-state index in [4.69, 9.17) is 4.74 Å². The maximum atomic E-state index is 6.87. The number of nitrogens with one attached hydrogen (secondary N) is 1. The third-order valence-corrected chi connectivity index (χ3v) is 10.9. The summed E-state index contributed by atoms with van der Waals surface area (Å²) in [6.45, 7) is 0. The molecule has 2 aliphatic heterocycles. The van der Waals surface area contributed by atoms with Gasteiger partial charge in [-0.1, -0.05) is 139 Å². The minimum absolute atomic E-state index is 0.116. The Morgan fingerprint density at radius 2 is 1.60 bits per heavy atom. The molecule has 0 amide bonds. The molecule has 43 heavy (non-hydrogen) atoms. The molecule has 5 aliphatic rings. The van der Waals surface area contributed by atoms with Crippen molar-refractivity contribution in [2.24, 2.45) is 11.0 Å². The SMILES string of the molecule is C1=CCCC(C2=NNC(c3ccc(-c4cccc5c4Oc4ccccc4C54c5ccccc5C5C=CC=CC54)cc3)S2)=C1. The van der Waals surface area contributed by atoms with Crippen LogP contribution in [-0.2, 0) is 5.41 Å². The maximum absolute atomic E-state index is 6.87. The summed E-state index contributed by atoms with van der Waals surface area (Å²) in [6, 6.07) is 33.3. The van der Waals surface area contributed by atoms with Gasteiger partial charge in [-0.15, -0.1) is 0 Å². The highest BCUT2D eigenvalue weighted by atomic mass is 32.2. The van der Waals surface area contributed by atoms with Gasteiger partial charge in [0, 0.05) is 28.5 Å². The molecule has 1 N–H and O–H groups in total. The van der Waals surface area contributed by atoms with Gasteiger partial charge in [0.1, 0.15) is 21.9 Å². The molecular weight excluding hydrogens is 545 g/mol. The summed E-state index contributed by atoms with van der Waals surface area (Å²) in [7, 11) is 0. The van der Waals surface area contributed by atoms with Crippen molar-refractivity contribution in [1.29, 1.82) is 0 Å². The normalized spacial score (nSPS) is 25.6. The molecule has 0 bridgehead atoms. The van der Waals surface area contributed by atoms with E-state index in [1.54, 1.807) is 11.8 Å². The largest absolute Gasteiger partial charge is 0.456 e. The second kappa shape index (κ2) is 9.75. The Hall–Kier alpha value is -4.54. The summed E-state index contributed by atoms with van der Waals surface area (Å²) >= 11 is 1.80. The number of hydrogen-bond acceptors (Lipinski definition) is 4. The smallest absolute Gasteiger partial charge is 0.139 e. The van der Waals surface area contributed by atoms with E-state index in [0.717, 1.165) is 40.5 Å². The van der Waals surface area contributed by atoms with E-state index in [9.17, 15) is 0 Å². The van der Waals surface area contributed by atoms with Crippen molar-refractivity contribution in [3.05, 3.63) is 167 Å². The molecule has 4 heteroatoms. The van der Waals surface area contributed by atoms with E-state index >= 15 is 0 Å². The molecule has 0 aromatic heterocycles. The summed E-state index contributed by atoms with van der Waals surface area (Å²) in [4.78, 5) is 0. The molecule has 4 atom stereocenters. The Morgan fingerprint density at radius 3 is 2.49 bits per heavy atom. The summed E-state index contributed by atoms with van der Waals surface area (Å²) in [5, 5.41) is 5.89. The Labute approximate surface area is 256 Å². The van der Waals surface area contributed by atoms with Gasteiger partial charge in [-0.2, -0.15) is 5.10 Å². The van der Waals surface area contributed by atoms with Crippen LogP contribution in [0.15, 0.2) is 144 Å². The number of allylic oxidation sites excluding steroid dienone is 7. The molecule has 9 rings (SSSR count). The standard InChI is InChI=1S/C39H30N2OS/c1-2-11-26(12-3-1)37-40-41-38(43-37)27-23-21-25(22-24-27)28-15-10-19-34-36(28)42-35-20-9-8-18-33(35)39(34)31-16-6-4-13-29(31)30-14-5-7-17-32(30)39/h1-2,4-11,13-24,29,31,38,41H,3,12H2. The van der Waals surface area contributed by atoms with Crippen LogP contribution < -0.4 is 10.2 Å². The number of nitrogens with zero attached hydrogens (tertiary/aromatic N) is 1. The monoisotopic (exact) mass is 574 g/mol. The van der Waals surface area contributed by atoms with Crippen LogP contribution >= 0.6 is 11.8 Å². The Balaban J connectivity index is 1.14. The van der Waals surface area contributed by atoms with Gasteiger partial charge in [0.2, 0.25) is 0 Å². The fourth-order valence-electron chi connectivity index (χ4n) is 7.80. The second-order valence-electron chi connectivity index (χ2n) is 11.8. The van der Waals surface area contributed by atoms with Crippen molar-refractivity contribution in [2.45, 2.75) is 29.5 Å². The Kier molecular flexibility index (Phi) is 5.67. The number of hydrogen-bond donors (Lipinski definition) is 1. The molecule has 3 nitrogen and oxygen atoms in total. The van der Waals surface area contributed by atoms with Crippen LogP contribution in [0.25, 0.3) is 11.1 Å². The van der Waals surface area contributed by atoms with Crippen molar-refractivity contribution in [1.82, 2.24) is 5.43 Å². The second-order valence-corrected chi connectivity index (χ2v) is 12.9. The van der Waals surface area contributed by atoms with Crippen LogP contribution in [-0.4, -0.2) is 5.04 Å². The van der Waals surface area contributed by atoms with E-state index in [1.807, 2.05) is 0 Å². The van der Waals surface area contributed by atoms with Gasteiger partial charge in [0.05, 0.1) is 5.41 Å². The molecule has 0 saturated heterocycles. The fourth-order valence-corrected chi connectivity index (χ4v) is 8.85. The number of rotatable bonds is 3. The van der Waals surface area contributed by atoms with Gasteiger partial charge in [-0.25, -0.2) is 0 Å². The quantitative estimate of drug-likeness (QED) is 0.265. The molecule has 0 saturated carbocycles. The minimum Gasteiger partial charge on any atom is -0.456 e. The van der Waals surface area contributed by atoms with Gasteiger partial charge < -0.3 is 4.74 Å². The topological polar surface area (TPSA) is 33.6 Å². The fraction of sp³-hybridized carbons (Fsp3) is 0.154. The van der Waals surface area contributed by atoms with Gasteiger partial charge in [0.15, 0.2) is 0 Å². The maximum Gasteiger partial charge on any atom is 0.139 e. The number of hydrazone groups is 1. The van der Waals surface area contributed by atoms with Crippen LogP contribution in [0.1, 0.15) is 52.0 Å². The number of fused-ring (bicyclic) bond motifs is 9. The van der Waals surface area contributed by atoms with Crippen LogP contribution in [0.4, 0.5) is 0 Å². The minimum atomic E-state index is -0.330. The summed E-state index contributed by atoms with van der Waals surface area (Å²) < 4.78 is 6.87. The zero-order valence-electron chi connectivity index (χ0n) is 23.6. The highest BCUT2D eigenvalue weighted by Crippen LogP contribution is 2.65. The lowest BCUT2D eigenvalue weighted by Gasteiger charge is -2.43. The lowest BCUT2D eigenvalue weighted by atomic mass is 9.61. The van der Waals surface area contributed by atoms with Gasteiger partial charge in [-0.05, 0) is 46.7 Å². The molecule has 4 aromatic carbocycles. The Morgan fingerprint density at radius 1 is 0.791 bits per heavy atom. The van der Waals surface area contributed by atoms with Crippen LogP contribution in [0.5, 0.6) is 11.5 Å². The number of para-hydroxylation sites is 2. The van der Waals surface area contributed by atoms with Crippen LogP contribution in [0, 0.1) is 5.92 Å².